The van der Waals surface area contributed by atoms with Crippen LogP contribution in [-0.2, 0) is 0 Å². The molecule has 1 heterocycles. The van der Waals surface area contributed by atoms with E-state index in [-0.39, 0.29) is 12.4 Å². The molecule has 0 saturated carbocycles. The van der Waals surface area contributed by atoms with Crippen molar-refractivity contribution in [3.63, 3.8) is 0 Å². The van der Waals surface area contributed by atoms with Gasteiger partial charge in [0.1, 0.15) is 0 Å². The second kappa shape index (κ2) is 7.35. The summed E-state index contributed by atoms with van der Waals surface area (Å²) in [4.78, 5) is 2.51. The van der Waals surface area contributed by atoms with E-state index in [1.807, 2.05) is 0 Å². The van der Waals surface area contributed by atoms with Crippen molar-refractivity contribution < 1.29 is 0 Å². The zero-order valence-electron chi connectivity index (χ0n) is 6.68. The standard InChI is InChI=1S/C7H15BrN2.ClH/c8-2-1-5-10-6-3-9-4-7-10;/h9H,1-7H2;1H. The molecule has 1 aliphatic rings. The maximum atomic E-state index is 3.43. The number of piperazine rings is 1. The summed E-state index contributed by atoms with van der Waals surface area (Å²) < 4.78 is 0. The topological polar surface area (TPSA) is 15.3 Å². The summed E-state index contributed by atoms with van der Waals surface area (Å²) >= 11 is 3.43. The third-order valence-electron chi connectivity index (χ3n) is 1.82. The largest absolute Gasteiger partial charge is 0.314 e. The number of hydrogen-bond donors (Lipinski definition) is 1. The molecule has 4 heteroatoms. The minimum absolute atomic E-state index is 0. The first-order chi connectivity index (χ1) is 4.93. The highest BCUT2D eigenvalue weighted by atomic mass is 79.9. The fourth-order valence-corrected chi connectivity index (χ4v) is 1.47. The fraction of sp³-hybridized carbons (Fsp3) is 1.00. The maximum absolute atomic E-state index is 3.43. The molecule has 1 saturated heterocycles. The molecule has 0 radical (unpaired) electrons. The summed E-state index contributed by atoms with van der Waals surface area (Å²) in [6, 6.07) is 0. The Balaban J connectivity index is 0.000001000. The SMILES string of the molecule is BrCCCN1CCNCC1.Cl. The Labute approximate surface area is 83.3 Å². The van der Waals surface area contributed by atoms with Crippen LogP contribution in [0.25, 0.3) is 0 Å². The zero-order valence-corrected chi connectivity index (χ0v) is 9.09. The van der Waals surface area contributed by atoms with E-state index in [2.05, 4.69) is 26.1 Å². The molecule has 0 amide bonds. The van der Waals surface area contributed by atoms with Crippen LogP contribution in [0.5, 0.6) is 0 Å². The van der Waals surface area contributed by atoms with E-state index < -0.39 is 0 Å². The van der Waals surface area contributed by atoms with E-state index in [1.165, 1.54) is 39.1 Å². The average molecular weight is 244 g/mol. The summed E-state index contributed by atoms with van der Waals surface area (Å²) in [5, 5.41) is 4.47. The molecule has 0 aromatic heterocycles. The quantitative estimate of drug-likeness (QED) is 0.747. The molecule has 2 nitrogen and oxygen atoms in total. The van der Waals surface area contributed by atoms with Gasteiger partial charge in [-0.1, -0.05) is 15.9 Å². The van der Waals surface area contributed by atoms with Gasteiger partial charge in [0, 0.05) is 31.5 Å². The molecule has 0 spiro atoms. The highest BCUT2D eigenvalue weighted by Crippen LogP contribution is 1.95. The Bertz CT molecular complexity index is 86.5. The zero-order chi connectivity index (χ0) is 7.23. The Hall–Kier alpha value is 0.690. The number of hydrogen-bond acceptors (Lipinski definition) is 2. The van der Waals surface area contributed by atoms with Crippen LogP contribution in [0.2, 0.25) is 0 Å². The van der Waals surface area contributed by atoms with Gasteiger partial charge in [-0.15, -0.1) is 12.4 Å². The number of nitrogens with zero attached hydrogens (tertiary/aromatic N) is 1. The van der Waals surface area contributed by atoms with Crippen molar-refractivity contribution in [1.82, 2.24) is 10.2 Å². The Morgan fingerprint density at radius 2 is 1.91 bits per heavy atom. The van der Waals surface area contributed by atoms with Crippen LogP contribution in [-0.4, -0.2) is 43.0 Å². The molecular formula is C7H16BrClN2. The van der Waals surface area contributed by atoms with Crippen LogP contribution in [0.1, 0.15) is 6.42 Å². The summed E-state index contributed by atoms with van der Waals surface area (Å²) in [5.74, 6) is 0. The van der Waals surface area contributed by atoms with Gasteiger partial charge in [-0.2, -0.15) is 0 Å². The van der Waals surface area contributed by atoms with E-state index in [1.54, 1.807) is 0 Å². The van der Waals surface area contributed by atoms with Crippen LogP contribution in [0.4, 0.5) is 0 Å². The van der Waals surface area contributed by atoms with Crippen LogP contribution in [0.15, 0.2) is 0 Å². The van der Waals surface area contributed by atoms with E-state index in [4.69, 9.17) is 0 Å². The molecule has 0 aromatic rings. The lowest BCUT2D eigenvalue weighted by Crippen LogP contribution is -2.43. The predicted octanol–water partition coefficient (Wildman–Crippen LogP) is 1.10. The van der Waals surface area contributed by atoms with Crippen molar-refractivity contribution >= 4 is 28.3 Å². The van der Waals surface area contributed by atoms with Gasteiger partial charge >= 0.3 is 0 Å². The first-order valence-electron chi connectivity index (χ1n) is 3.92. The molecule has 1 rings (SSSR count). The van der Waals surface area contributed by atoms with Crippen molar-refractivity contribution in [2.24, 2.45) is 0 Å². The van der Waals surface area contributed by atoms with Crippen LogP contribution in [0.3, 0.4) is 0 Å². The molecule has 0 unspecified atom stereocenters. The molecule has 0 aliphatic carbocycles. The fourth-order valence-electron chi connectivity index (χ4n) is 1.22. The second-order valence-electron chi connectivity index (χ2n) is 2.63. The lowest BCUT2D eigenvalue weighted by atomic mass is 10.3. The normalized spacial score (nSPS) is 19.4. The predicted molar refractivity (Wildman–Crippen MR) is 55.0 cm³/mol. The van der Waals surface area contributed by atoms with E-state index in [9.17, 15) is 0 Å². The summed E-state index contributed by atoms with van der Waals surface area (Å²) in [5.41, 5.74) is 0. The highest BCUT2D eigenvalue weighted by molar-refractivity contribution is 9.09. The van der Waals surface area contributed by atoms with Crippen molar-refractivity contribution in [1.29, 1.82) is 0 Å². The molecule has 0 bridgehead atoms. The van der Waals surface area contributed by atoms with Gasteiger partial charge in [0.15, 0.2) is 0 Å². The highest BCUT2D eigenvalue weighted by Gasteiger charge is 2.07. The molecular weight excluding hydrogens is 227 g/mol. The van der Waals surface area contributed by atoms with E-state index in [0.717, 1.165) is 5.33 Å². The monoisotopic (exact) mass is 242 g/mol. The Kier molecular flexibility index (Phi) is 7.81. The molecule has 11 heavy (non-hydrogen) atoms. The third kappa shape index (κ3) is 5.01. The van der Waals surface area contributed by atoms with Gasteiger partial charge in [-0.3, -0.25) is 0 Å². The van der Waals surface area contributed by atoms with Gasteiger partial charge in [-0.05, 0) is 13.0 Å². The summed E-state index contributed by atoms with van der Waals surface area (Å²) in [6.45, 7) is 6.05. The molecule has 1 aliphatic heterocycles. The lowest BCUT2D eigenvalue weighted by molar-refractivity contribution is 0.242. The minimum Gasteiger partial charge on any atom is -0.314 e. The second-order valence-corrected chi connectivity index (χ2v) is 3.43. The van der Waals surface area contributed by atoms with Gasteiger partial charge in [0.2, 0.25) is 0 Å². The van der Waals surface area contributed by atoms with E-state index >= 15 is 0 Å². The number of nitrogens with one attached hydrogen (secondary N) is 1. The molecule has 68 valence electrons. The van der Waals surface area contributed by atoms with Crippen molar-refractivity contribution in [3.05, 3.63) is 0 Å². The van der Waals surface area contributed by atoms with Gasteiger partial charge < -0.3 is 10.2 Å². The number of rotatable bonds is 3. The van der Waals surface area contributed by atoms with Gasteiger partial charge in [-0.25, -0.2) is 0 Å². The molecule has 1 fully saturated rings. The van der Waals surface area contributed by atoms with Gasteiger partial charge in [0.05, 0.1) is 0 Å². The van der Waals surface area contributed by atoms with Crippen molar-refractivity contribution in [3.8, 4) is 0 Å². The third-order valence-corrected chi connectivity index (χ3v) is 2.38. The van der Waals surface area contributed by atoms with Crippen LogP contribution in [0, 0.1) is 0 Å². The van der Waals surface area contributed by atoms with Crippen LogP contribution < -0.4 is 5.32 Å². The molecule has 1 N–H and O–H groups in total. The average Bonchev–Trinajstić information content (AvgIpc) is 2.03. The summed E-state index contributed by atoms with van der Waals surface area (Å²) in [7, 11) is 0. The van der Waals surface area contributed by atoms with Crippen molar-refractivity contribution in [2.45, 2.75) is 6.42 Å². The van der Waals surface area contributed by atoms with Gasteiger partial charge in [0.25, 0.3) is 0 Å². The number of alkyl halides is 1. The minimum atomic E-state index is 0. The van der Waals surface area contributed by atoms with Crippen LogP contribution >= 0.6 is 28.3 Å². The first-order valence-corrected chi connectivity index (χ1v) is 5.04. The first kappa shape index (κ1) is 11.7. The van der Waals surface area contributed by atoms with E-state index in [0.29, 0.717) is 0 Å². The molecule has 0 aromatic carbocycles. The summed E-state index contributed by atoms with van der Waals surface area (Å²) in [6.07, 6.45) is 1.28. The smallest absolute Gasteiger partial charge is 0.0107 e. The lowest BCUT2D eigenvalue weighted by Gasteiger charge is -2.26. The Morgan fingerprint density at radius 3 is 2.45 bits per heavy atom. The van der Waals surface area contributed by atoms with Crippen molar-refractivity contribution in [2.75, 3.05) is 38.1 Å². The maximum Gasteiger partial charge on any atom is 0.0107 e. The number of halogens is 2. The Morgan fingerprint density at radius 1 is 1.27 bits per heavy atom. The molecule has 0 atom stereocenters.